The molecule has 0 amide bonds. The number of methoxy groups -OCH3 is 1. The standard InChI is InChI=1S/C15H17BrN2O2/c1-9-14(10(2)18(3)17-9)8-11-7-12(16)5-6-13(11)15(19)20-4/h5-7H,8H2,1-4H3. The van der Waals surface area contributed by atoms with Crippen molar-refractivity contribution in [2.75, 3.05) is 7.11 Å². The molecule has 0 bridgehead atoms. The van der Waals surface area contributed by atoms with Crippen LogP contribution in [-0.2, 0) is 18.2 Å². The Balaban J connectivity index is 2.47. The smallest absolute Gasteiger partial charge is 0.338 e. The van der Waals surface area contributed by atoms with Gasteiger partial charge in [0.25, 0.3) is 0 Å². The first-order chi connectivity index (χ1) is 9.43. The number of esters is 1. The first-order valence-electron chi connectivity index (χ1n) is 6.30. The van der Waals surface area contributed by atoms with Gasteiger partial charge in [-0.05, 0) is 37.6 Å². The van der Waals surface area contributed by atoms with E-state index in [-0.39, 0.29) is 5.97 Å². The summed E-state index contributed by atoms with van der Waals surface area (Å²) in [4.78, 5) is 11.9. The van der Waals surface area contributed by atoms with Gasteiger partial charge in [-0.3, -0.25) is 4.68 Å². The van der Waals surface area contributed by atoms with E-state index in [1.807, 2.05) is 37.7 Å². The maximum absolute atomic E-state index is 11.9. The van der Waals surface area contributed by atoms with E-state index in [1.165, 1.54) is 7.11 Å². The summed E-state index contributed by atoms with van der Waals surface area (Å²) in [5.41, 5.74) is 4.78. The van der Waals surface area contributed by atoms with Crippen LogP contribution in [0.25, 0.3) is 0 Å². The maximum atomic E-state index is 11.9. The van der Waals surface area contributed by atoms with Crippen molar-refractivity contribution in [1.82, 2.24) is 9.78 Å². The molecule has 20 heavy (non-hydrogen) atoms. The summed E-state index contributed by atoms with van der Waals surface area (Å²) in [7, 11) is 3.32. The number of carbonyl (C=O) groups excluding carboxylic acids is 1. The van der Waals surface area contributed by atoms with Crippen LogP contribution in [0, 0.1) is 13.8 Å². The predicted octanol–water partition coefficient (Wildman–Crippen LogP) is 3.18. The molecule has 0 aliphatic heterocycles. The van der Waals surface area contributed by atoms with Crippen molar-refractivity contribution >= 4 is 21.9 Å². The number of nitrogens with zero attached hydrogens (tertiary/aromatic N) is 2. The third-order valence-electron chi connectivity index (χ3n) is 3.50. The molecule has 2 rings (SSSR count). The lowest BCUT2D eigenvalue weighted by atomic mass is 9.98. The van der Waals surface area contributed by atoms with Crippen molar-refractivity contribution in [2.24, 2.45) is 7.05 Å². The zero-order valence-electron chi connectivity index (χ0n) is 12.0. The normalized spacial score (nSPS) is 10.7. The molecule has 0 spiro atoms. The van der Waals surface area contributed by atoms with E-state index in [1.54, 1.807) is 6.07 Å². The highest BCUT2D eigenvalue weighted by molar-refractivity contribution is 9.10. The molecule has 1 aromatic heterocycles. The Bertz CT molecular complexity index is 662. The first-order valence-corrected chi connectivity index (χ1v) is 7.09. The van der Waals surface area contributed by atoms with Crippen molar-refractivity contribution in [1.29, 1.82) is 0 Å². The summed E-state index contributed by atoms with van der Waals surface area (Å²) in [6.07, 6.45) is 0.662. The van der Waals surface area contributed by atoms with Crippen molar-refractivity contribution in [3.63, 3.8) is 0 Å². The van der Waals surface area contributed by atoms with Gasteiger partial charge >= 0.3 is 5.97 Å². The molecule has 5 heteroatoms. The van der Waals surface area contributed by atoms with Gasteiger partial charge in [0.1, 0.15) is 0 Å². The van der Waals surface area contributed by atoms with E-state index in [4.69, 9.17) is 4.74 Å². The number of benzene rings is 1. The Morgan fingerprint density at radius 1 is 1.40 bits per heavy atom. The Hall–Kier alpha value is -1.62. The minimum Gasteiger partial charge on any atom is -0.465 e. The largest absolute Gasteiger partial charge is 0.465 e. The molecule has 4 nitrogen and oxygen atoms in total. The molecule has 0 saturated heterocycles. The third kappa shape index (κ3) is 2.77. The summed E-state index contributed by atoms with van der Waals surface area (Å²) < 4.78 is 7.65. The van der Waals surface area contributed by atoms with Crippen LogP contribution >= 0.6 is 15.9 Å². The van der Waals surface area contributed by atoms with E-state index in [0.29, 0.717) is 12.0 Å². The van der Waals surface area contributed by atoms with E-state index < -0.39 is 0 Å². The second-order valence-corrected chi connectivity index (χ2v) is 5.66. The quantitative estimate of drug-likeness (QED) is 0.808. The number of aryl methyl sites for hydroxylation is 2. The van der Waals surface area contributed by atoms with Crippen LogP contribution < -0.4 is 0 Å². The van der Waals surface area contributed by atoms with Crippen LogP contribution in [0.3, 0.4) is 0 Å². The number of rotatable bonds is 3. The zero-order valence-corrected chi connectivity index (χ0v) is 13.6. The number of halogens is 1. The average molecular weight is 337 g/mol. The molecule has 106 valence electrons. The Labute approximate surface area is 126 Å². The number of hydrogen-bond acceptors (Lipinski definition) is 3. The van der Waals surface area contributed by atoms with Crippen molar-refractivity contribution in [2.45, 2.75) is 20.3 Å². The fourth-order valence-electron chi connectivity index (χ4n) is 2.28. The van der Waals surface area contributed by atoms with Gasteiger partial charge in [-0.25, -0.2) is 4.79 Å². The van der Waals surface area contributed by atoms with Gasteiger partial charge in [-0.2, -0.15) is 5.10 Å². The molecule has 1 heterocycles. The van der Waals surface area contributed by atoms with Gasteiger partial charge in [0, 0.05) is 29.2 Å². The lowest BCUT2D eigenvalue weighted by Crippen LogP contribution is -2.07. The minimum absolute atomic E-state index is 0.313. The van der Waals surface area contributed by atoms with Crippen molar-refractivity contribution < 1.29 is 9.53 Å². The third-order valence-corrected chi connectivity index (χ3v) is 3.99. The lowest BCUT2D eigenvalue weighted by molar-refractivity contribution is 0.0599. The molecular weight excluding hydrogens is 320 g/mol. The Morgan fingerprint density at radius 2 is 2.10 bits per heavy atom. The van der Waals surface area contributed by atoms with Gasteiger partial charge in [0.2, 0.25) is 0 Å². The summed E-state index contributed by atoms with van der Waals surface area (Å²) in [6.45, 7) is 4.02. The van der Waals surface area contributed by atoms with Gasteiger partial charge < -0.3 is 4.74 Å². The monoisotopic (exact) mass is 336 g/mol. The van der Waals surface area contributed by atoms with E-state index in [2.05, 4.69) is 21.0 Å². The van der Waals surface area contributed by atoms with Gasteiger partial charge in [0.05, 0.1) is 18.4 Å². The summed E-state index contributed by atoms with van der Waals surface area (Å²) >= 11 is 3.45. The fraction of sp³-hybridized carbons (Fsp3) is 0.333. The topological polar surface area (TPSA) is 44.1 Å². The summed E-state index contributed by atoms with van der Waals surface area (Å²) in [5.74, 6) is -0.313. The highest BCUT2D eigenvalue weighted by Crippen LogP contribution is 2.23. The second kappa shape index (κ2) is 5.79. The summed E-state index contributed by atoms with van der Waals surface area (Å²) in [5, 5.41) is 4.41. The maximum Gasteiger partial charge on any atom is 0.338 e. The Kier molecular flexibility index (Phi) is 4.28. The average Bonchev–Trinajstić information content (AvgIpc) is 2.65. The number of ether oxygens (including phenoxy) is 1. The molecule has 0 N–H and O–H groups in total. The van der Waals surface area contributed by atoms with Gasteiger partial charge in [0.15, 0.2) is 0 Å². The minimum atomic E-state index is -0.313. The number of hydrogen-bond donors (Lipinski definition) is 0. The van der Waals surface area contributed by atoms with Gasteiger partial charge in [-0.1, -0.05) is 15.9 Å². The second-order valence-electron chi connectivity index (χ2n) is 4.74. The molecule has 0 aliphatic carbocycles. The van der Waals surface area contributed by atoms with Crippen molar-refractivity contribution in [3.8, 4) is 0 Å². The molecule has 0 aliphatic rings. The number of carbonyl (C=O) groups is 1. The van der Waals surface area contributed by atoms with E-state index in [0.717, 1.165) is 27.0 Å². The molecule has 2 aromatic rings. The molecule has 0 unspecified atom stereocenters. The van der Waals surface area contributed by atoms with E-state index in [9.17, 15) is 4.79 Å². The first kappa shape index (κ1) is 14.8. The van der Waals surface area contributed by atoms with Gasteiger partial charge in [-0.15, -0.1) is 0 Å². The molecule has 0 radical (unpaired) electrons. The SMILES string of the molecule is COC(=O)c1ccc(Br)cc1Cc1c(C)nn(C)c1C. The van der Waals surface area contributed by atoms with Crippen LogP contribution in [0.4, 0.5) is 0 Å². The molecule has 0 atom stereocenters. The van der Waals surface area contributed by atoms with Crippen LogP contribution in [0.2, 0.25) is 0 Å². The zero-order chi connectivity index (χ0) is 14.9. The van der Waals surface area contributed by atoms with E-state index >= 15 is 0 Å². The van der Waals surface area contributed by atoms with Crippen molar-refractivity contribution in [3.05, 3.63) is 50.8 Å². The summed E-state index contributed by atoms with van der Waals surface area (Å²) in [6, 6.07) is 5.59. The highest BCUT2D eigenvalue weighted by atomic mass is 79.9. The van der Waals surface area contributed by atoms with Crippen LogP contribution in [0.5, 0.6) is 0 Å². The predicted molar refractivity (Wildman–Crippen MR) is 81.0 cm³/mol. The van der Waals surface area contributed by atoms with Crippen LogP contribution in [0.15, 0.2) is 22.7 Å². The van der Waals surface area contributed by atoms with Crippen LogP contribution in [-0.4, -0.2) is 22.9 Å². The fourth-order valence-corrected chi connectivity index (χ4v) is 2.69. The van der Waals surface area contributed by atoms with Crippen LogP contribution in [0.1, 0.15) is 32.9 Å². The Morgan fingerprint density at radius 3 is 2.65 bits per heavy atom. The molecule has 0 fully saturated rings. The highest BCUT2D eigenvalue weighted by Gasteiger charge is 2.16. The lowest BCUT2D eigenvalue weighted by Gasteiger charge is -2.09. The number of aromatic nitrogens is 2. The molecule has 1 aromatic carbocycles. The molecular formula is C15H17BrN2O2. The molecule has 0 saturated carbocycles.